The van der Waals surface area contributed by atoms with Gasteiger partial charge in [-0.15, -0.1) is 0 Å². The van der Waals surface area contributed by atoms with Gasteiger partial charge < -0.3 is 21.1 Å². The Morgan fingerprint density at radius 1 is 1.11 bits per heavy atom. The molecule has 1 heterocycles. The molecule has 192 valence electrons. The van der Waals surface area contributed by atoms with E-state index in [0.29, 0.717) is 6.54 Å². The number of aromatic nitrogens is 2. The number of carbonyl (C=O) groups is 2. The summed E-state index contributed by atoms with van der Waals surface area (Å²) in [7, 11) is 1.38. The van der Waals surface area contributed by atoms with Crippen LogP contribution < -0.4 is 16.4 Å². The number of amides is 1. The number of nitrogens with two attached hydrogens (primary N) is 1. The molecular formula is C26H39N5O3S. The van der Waals surface area contributed by atoms with Crippen molar-refractivity contribution in [2.75, 3.05) is 31.0 Å². The summed E-state index contributed by atoms with van der Waals surface area (Å²) in [6.45, 7) is 5.45. The Kier molecular flexibility index (Phi) is 12.4. The lowest BCUT2D eigenvalue weighted by atomic mass is 10.1. The molecule has 1 amide bonds. The van der Waals surface area contributed by atoms with Gasteiger partial charge in [0.1, 0.15) is 5.82 Å². The Morgan fingerprint density at radius 2 is 1.83 bits per heavy atom. The number of benzene rings is 1. The fourth-order valence-corrected chi connectivity index (χ4v) is 4.48. The van der Waals surface area contributed by atoms with Crippen molar-refractivity contribution < 1.29 is 14.3 Å². The molecule has 1 aromatic carbocycles. The minimum Gasteiger partial charge on any atom is -0.469 e. The maximum absolute atomic E-state index is 12.8. The van der Waals surface area contributed by atoms with Gasteiger partial charge in [0.05, 0.1) is 18.8 Å². The highest BCUT2D eigenvalue weighted by molar-refractivity contribution is 7.99. The molecule has 8 nitrogen and oxygen atoms in total. The van der Waals surface area contributed by atoms with Crippen LogP contribution in [0.25, 0.3) is 0 Å². The summed E-state index contributed by atoms with van der Waals surface area (Å²) in [5.41, 5.74) is 9.70. The molecule has 4 N–H and O–H groups in total. The average Bonchev–Trinajstić information content (AvgIpc) is 2.85. The Morgan fingerprint density at radius 3 is 2.49 bits per heavy atom. The molecule has 0 spiro atoms. The first-order chi connectivity index (χ1) is 16.9. The third-order valence-electron chi connectivity index (χ3n) is 5.84. The first-order valence-corrected chi connectivity index (χ1v) is 13.5. The third kappa shape index (κ3) is 9.76. The van der Waals surface area contributed by atoms with Crippen molar-refractivity contribution in [3.05, 3.63) is 46.6 Å². The lowest BCUT2D eigenvalue weighted by Gasteiger charge is -2.17. The van der Waals surface area contributed by atoms with E-state index in [-0.39, 0.29) is 29.5 Å². The second-order valence-corrected chi connectivity index (χ2v) is 9.57. The van der Waals surface area contributed by atoms with Crippen LogP contribution in [0.4, 0.5) is 11.8 Å². The highest BCUT2D eigenvalue weighted by Gasteiger charge is 2.18. The number of aryl methyl sites for hydroxylation is 1. The van der Waals surface area contributed by atoms with Crippen molar-refractivity contribution in [3.8, 4) is 0 Å². The zero-order chi connectivity index (χ0) is 25.6. The zero-order valence-electron chi connectivity index (χ0n) is 21.4. The molecular weight excluding hydrogens is 462 g/mol. The summed E-state index contributed by atoms with van der Waals surface area (Å²) in [5.74, 6) is 0.851. The summed E-state index contributed by atoms with van der Waals surface area (Å²) in [6.07, 6.45) is 8.01. The van der Waals surface area contributed by atoms with Crippen molar-refractivity contribution >= 4 is 35.4 Å². The fourth-order valence-electron chi connectivity index (χ4n) is 3.78. The van der Waals surface area contributed by atoms with Gasteiger partial charge in [-0.2, -0.15) is 16.7 Å². The Hall–Kier alpha value is -2.81. The summed E-state index contributed by atoms with van der Waals surface area (Å²) in [6, 6.07) is 7.61. The number of anilines is 2. The lowest BCUT2D eigenvalue weighted by Crippen LogP contribution is -2.32. The van der Waals surface area contributed by atoms with Gasteiger partial charge in [0.2, 0.25) is 11.9 Å². The smallest absolute Gasteiger partial charge is 0.309 e. The number of hydrogen-bond donors (Lipinski definition) is 3. The number of nitrogens with one attached hydrogen (secondary N) is 2. The number of carbonyl (C=O) groups excluding carboxylic acids is 2. The lowest BCUT2D eigenvalue weighted by molar-refractivity contribution is -0.139. The molecule has 9 heteroatoms. The van der Waals surface area contributed by atoms with Crippen molar-refractivity contribution in [1.82, 2.24) is 15.3 Å². The summed E-state index contributed by atoms with van der Waals surface area (Å²) >= 11 is 1.56. The van der Waals surface area contributed by atoms with E-state index in [4.69, 9.17) is 10.5 Å². The van der Waals surface area contributed by atoms with Gasteiger partial charge in [0.15, 0.2) is 0 Å². The molecule has 1 aromatic heterocycles. The van der Waals surface area contributed by atoms with E-state index < -0.39 is 0 Å². The SMILES string of the molecule is CCCCCNc1nc(N)nc(C)c1CCCC(SC)C(=O)NCc1ccc(CC(=O)OC)cc1. The second kappa shape index (κ2) is 15.2. The molecule has 0 fully saturated rings. The molecule has 0 aliphatic carbocycles. The predicted molar refractivity (Wildman–Crippen MR) is 143 cm³/mol. The van der Waals surface area contributed by atoms with E-state index in [9.17, 15) is 9.59 Å². The number of thioether (sulfide) groups is 1. The van der Waals surface area contributed by atoms with Crippen LogP contribution in [0.5, 0.6) is 0 Å². The minimum atomic E-state index is -0.269. The summed E-state index contributed by atoms with van der Waals surface area (Å²) < 4.78 is 4.69. The van der Waals surface area contributed by atoms with Gasteiger partial charge in [0.25, 0.3) is 0 Å². The minimum absolute atomic E-state index is 0.0272. The number of nitrogen functional groups attached to an aromatic ring is 1. The van der Waals surface area contributed by atoms with Crippen molar-refractivity contribution in [2.45, 2.75) is 70.6 Å². The van der Waals surface area contributed by atoms with Crippen LogP contribution in [0.3, 0.4) is 0 Å². The highest BCUT2D eigenvalue weighted by atomic mass is 32.2. The van der Waals surface area contributed by atoms with E-state index in [1.54, 1.807) is 11.8 Å². The first-order valence-electron chi connectivity index (χ1n) is 12.2. The normalized spacial score (nSPS) is 11.7. The largest absolute Gasteiger partial charge is 0.469 e. The number of hydrogen-bond acceptors (Lipinski definition) is 8. The van der Waals surface area contributed by atoms with E-state index in [0.717, 1.165) is 66.9 Å². The van der Waals surface area contributed by atoms with Crippen LogP contribution >= 0.6 is 11.8 Å². The van der Waals surface area contributed by atoms with Crippen molar-refractivity contribution in [3.63, 3.8) is 0 Å². The van der Waals surface area contributed by atoms with Crippen molar-refractivity contribution in [1.29, 1.82) is 0 Å². The van der Waals surface area contributed by atoms with E-state index >= 15 is 0 Å². The summed E-state index contributed by atoms with van der Waals surface area (Å²) in [4.78, 5) is 32.9. The van der Waals surface area contributed by atoms with E-state index in [2.05, 4.69) is 27.5 Å². The molecule has 0 aliphatic heterocycles. The Labute approximate surface area is 213 Å². The average molecular weight is 502 g/mol. The van der Waals surface area contributed by atoms with Gasteiger partial charge in [-0.05, 0) is 50.0 Å². The molecule has 2 rings (SSSR count). The monoisotopic (exact) mass is 501 g/mol. The Bertz CT molecular complexity index is 953. The molecule has 2 aromatic rings. The Balaban J connectivity index is 1.87. The number of rotatable bonds is 15. The van der Waals surface area contributed by atoms with E-state index in [1.807, 2.05) is 37.4 Å². The molecule has 0 bridgehead atoms. The topological polar surface area (TPSA) is 119 Å². The number of unbranched alkanes of at least 4 members (excludes halogenated alkanes) is 2. The van der Waals surface area contributed by atoms with Crippen LogP contribution in [0.1, 0.15) is 61.4 Å². The van der Waals surface area contributed by atoms with Gasteiger partial charge in [-0.25, -0.2) is 4.98 Å². The van der Waals surface area contributed by atoms with Crippen LogP contribution in [0, 0.1) is 6.92 Å². The standard InChI is InChI=1S/C26H39N5O3S/c1-5-6-7-15-28-24-21(18(2)30-26(27)31-24)9-8-10-22(35-4)25(33)29-17-20-13-11-19(12-14-20)16-23(32)34-3/h11-14,22H,5-10,15-17H2,1-4H3,(H,29,33)(H3,27,28,30,31). The molecule has 1 unspecified atom stereocenters. The number of nitrogens with zero attached hydrogens (tertiary/aromatic N) is 2. The molecule has 0 saturated heterocycles. The third-order valence-corrected chi connectivity index (χ3v) is 6.86. The number of esters is 1. The summed E-state index contributed by atoms with van der Waals surface area (Å²) in [5, 5.41) is 6.32. The fraction of sp³-hybridized carbons (Fsp3) is 0.538. The van der Waals surface area contributed by atoms with Gasteiger partial charge in [-0.3, -0.25) is 9.59 Å². The molecule has 0 radical (unpaired) electrons. The van der Waals surface area contributed by atoms with Crippen LogP contribution in [-0.4, -0.2) is 47.0 Å². The molecule has 0 saturated carbocycles. The second-order valence-electron chi connectivity index (χ2n) is 8.53. The maximum Gasteiger partial charge on any atom is 0.309 e. The van der Waals surface area contributed by atoms with Gasteiger partial charge >= 0.3 is 5.97 Å². The number of ether oxygens (including phenoxy) is 1. The van der Waals surface area contributed by atoms with Crippen LogP contribution in [-0.2, 0) is 33.7 Å². The first kappa shape index (κ1) is 28.4. The van der Waals surface area contributed by atoms with Gasteiger partial charge in [0, 0.05) is 24.3 Å². The molecule has 35 heavy (non-hydrogen) atoms. The zero-order valence-corrected chi connectivity index (χ0v) is 22.2. The quantitative estimate of drug-likeness (QED) is 0.247. The predicted octanol–water partition coefficient (Wildman–Crippen LogP) is 4.06. The van der Waals surface area contributed by atoms with Crippen molar-refractivity contribution in [2.24, 2.45) is 0 Å². The van der Waals surface area contributed by atoms with Gasteiger partial charge in [-0.1, -0.05) is 44.0 Å². The van der Waals surface area contributed by atoms with E-state index in [1.165, 1.54) is 13.5 Å². The number of methoxy groups -OCH3 is 1. The molecule has 0 aliphatic rings. The highest BCUT2D eigenvalue weighted by Crippen LogP contribution is 2.22. The maximum atomic E-state index is 12.8. The van der Waals surface area contributed by atoms with Crippen LogP contribution in [0.2, 0.25) is 0 Å². The molecule has 1 atom stereocenters. The van der Waals surface area contributed by atoms with Crippen LogP contribution in [0.15, 0.2) is 24.3 Å².